The van der Waals surface area contributed by atoms with Crippen LogP contribution in [0.3, 0.4) is 0 Å². The van der Waals surface area contributed by atoms with Crippen molar-refractivity contribution in [3.8, 4) is 0 Å². The number of fused-ring (bicyclic) bond motifs is 1. The molecule has 0 aliphatic carbocycles. The average molecular weight is 424 g/mol. The minimum Gasteiger partial charge on any atom is -0.397 e. The van der Waals surface area contributed by atoms with Crippen LogP contribution in [0.2, 0.25) is 0 Å². The Labute approximate surface area is 183 Å². The molecule has 1 saturated heterocycles. The van der Waals surface area contributed by atoms with Crippen LogP contribution in [0, 0.1) is 19.7 Å². The minimum absolute atomic E-state index is 0.0515. The lowest BCUT2D eigenvalue weighted by Crippen LogP contribution is -2.32. The standard InChI is InChI=1S/C25H30FN3O2/c1-15-16(2)22-14-29(13-20-5-4-8-31-20)25(30)21(22)10-19(15)9-17-6-7-18(11-23(17)26)24(27)12-28-3/h6-7,10-12,20,28H,4-5,8-9,13-14,27H2,1-3H3/b24-12-. The normalized spacial score (nSPS) is 18.6. The first-order valence-corrected chi connectivity index (χ1v) is 10.8. The van der Waals surface area contributed by atoms with Crippen molar-refractivity contribution >= 4 is 11.6 Å². The van der Waals surface area contributed by atoms with Crippen molar-refractivity contribution in [1.82, 2.24) is 10.2 Å². The maximum Gasteiger partial charge on any atom is 0.254 e. The second-order valence-electron chi connectivity index (χ2n) is 8.50. The maximum absolute atomic E-state index is 14.8. The van der Waals surface area contributed by atoms with Crippen LogP contribution in [0.4, 0.5) is 4.39 Å². The molecule has 0 saturated carbocycles. The van der Waals surface area contributed by atoms with Crippen molar-refractivity contribution in [2.75, 3.05) is 20.2 Å². The van der Waals surface area contributed by atoms with Gasteiger partial charge in [0, 0.05) is 50.5 Å². The summed E-state index contributed by atoms with van der Waals surface area (Å²) < 4.78 is 20.5. The zero-order valence-electron chi connectivity index (χ0n) is 18.4. The van der Waals surface area contributed by atoms with E-state index in [-0.39, 0.29) is 17.8 Å². The lowest BCUT2D eigenvalue weighted by molar-refractivity contribution is 0.0545. The molecule has 4 rings (SSSR count). The number of hydrogen-bond donors (Lipinski definition) is 2. The Morgan fingerprint density at radius 2 is 2.10 bits per heavy atom. The molecule has 1 fully saturated rings. The van der Waals surface area contributed by atoms with Crippen LogP contribution in [0.25, 0.3) is 5.70 Å². The summed E-state index contributed by atoms with van der Waals surface area (Å²) in [5.74, 6) is -0.246. The van der Waals surface area contributed by atoms with Crippen molar-refractivity contribution in [3.63, 3.8) is 0 Å². The molecule has 1 atom stereocenters. The van der Waals surface area contributed by atoms with E-state index in [9.17, 15) is 9.18 Å². The van der Waals surface area contributed by atoms with E-state index in [0.29, 0.717) is 36.3 Å². The highest BCUT2D eigenvalue weighted by atomic mass is 19.1. The van der Waals surface area contributed by atoms with Crippen molar-refractivity contribution in [2.45, 2.75) is 45.8 Å². The summed E-state index contributed by atoms with van der Waals surface area (Å²) in [6.45, 7) is 6.16. The number of ether oxygens (including phenoxy) is 1. The molecule has 1 amide bonds. The first kappa shape index (κ1) is 21.4. The number of rotatable bonds is 6. The van der Waals surface area contributed by atoms with Crippen LogP contribution in [-0.4, -0.2) is 37.1 Å². The van der Waals surface area contributed by atoms with Gasteiger partial charge in [-0.25, -0.2) is 4.39 Å². The predicted molar refractivity (Wildman–Crippen MR) is 120 cm³/mol. The van der Waals surface area contributed by atoms with Crippen molar-refractivity contribution in [2.24, 2.45) is 5.73 Å². The third-order valence-electron chi connectivity index (χ3n) is 6.52. The molecule has 0 aromatic heterocycles. The number of benzene rings is 2. The lowest BCUT2D eigenvalue weighted by atomic mass is 9.91. The Kier molecular flexibility index (Phi) is 6.01. The number of carbonyl (C=O) groups is 1. The van der Waals surface area contributed by atoms with E-state index in [1.54, 1.807) is 19.3 Å². The second kappa shape index (κ2) is 8.71. The molecule has 0 radical (unpaired) electrons. The van der Waals surface area contributed by atoms with Crippen molar-refractivity contribution in [3.05, 3.63) is 75.2 Å². The number of amides is 1. The predicted octanol–water partition coefficient (Wildman–Crippen LogP) is 3.64. The van der Waals surface area contributed by atoms with E-state index in [1.807, 2.05) is 17.0 Å². The molecule has 2 aliphatic heterocycles. The number of hydrogen-bond acceptors (Lipinski definition) is 4. The van der Waals surface area contributed by atoms with E-state index in [1.165, 1.54) is 6.07 Å². The molecule has 0 bridgehead atoms. The summed E-state index contributed by atoms with van der Waals surface area (Å²) in [4.78, 5) is 15.0. The summed E-state index contributed by atoms with van der Waals surface area (Å²) >= 11 is 0. The first-order chi connectivity index (χ1) is 14.9. The number of halogens is 1. The molecule has 5 nitrogen and oxygen atoms in total. The van der Waals surface area contributed by atoms with Gasteiger partial charge in [-0.1, -0.05) is 12.1 Å². The van der Waals surface area contributed by atoms with Gasteiger partial charge in [-0.2, -0.15) is 0 Å². The van der Waals surface area contributed by atoms with Gasteiger partial charge in [0.25, 0.3) is 5.91 Å². The van der Waals surface area contributed by atoms with Gasteiger partial charge in [0.05, 0.1) is 11.8 Å². The van der Waals surface area contributed by atoms with E-state index in [0.717, 1.165) is 47.3 Å². The van der Waals surface area contributed by atoms with Crippen LogP contribution in [0.1, 0.15) is 56.6 Å². The monoisotopic (exact) mass is 423 g/mol. The zero-order valence-corrected chi connectivity index (χ0v) is 18.4. The highest BCUT2D eigenvalue weighted by molar-refractivity contribution is 5.99. The Hall–Kier alpha value is -2.86. The molecule has 2 aromatic carbocycles. The number of nitrogens with two attached hydrogens (primary N) is 1. The molecule has 3 N–H and O–H groups in total. The molecule has 1 unspecified atom stereocenters. The lowest BCUT2D eigenvalue weighted by Gasteiger charge is -2.19. The van der Waals surface area contributed by atoms with Crippen LogP contribution in [0.15, 0.2) is 30.5 Å². The smallest absolute Gasteiger partial charge is 0.254 e. The SMILES string of the molecule is CN/C=C(\N)c1ccc(Cc2cc3c(c(C)c2C)CN(CC2CCCO2)C3=O)c(F)c1. The third-order valence-corrected chi connectivity index (χ3v) is 6.52. The van der Waals surface area contributed by atoms with E-state index < -0.39 is 0 Å². The Balaban J connectivity index is 1.59. The molecule has 2 aromatic rings. The Morgan fingerprint density at radius 1 is 1.29 bits per heavy atom. The van der Waals surface area contributed by atoms with Gasteiger partial charge < -0.3 is 20.7 Å². The second-order valence-corrected chi connectivity index (χ2v) is 8.50. The highest BCUT2D eigenvalue weighted by Gasteiger charge is 2.32. The fourth-order valence-electron chi connectivity index (χ4n) is 4.55. The molecule has 2 aliphatic rings. The van der Waals surface area contributed by atoms with E-state index >= 15 is 0 Å². The summed E-state index contributed by atoms with van der Waals surface area (Å²) in [5.41, 5.74) is 12.7. The van der Waals surface area contributed by atoms with Crippen LogP contribution < -0.4 is 11.1 Å². The minimum atomic E-state index is -0.297. The molecule has 0 spiro atoms. The van der Waals surface area contributed by atoms with Crippen molar-refractivity contribution in [1.29, 1.82) is 0 Å². The molecular weight excluding hydrogens is 393 g/mol. The summed E-state index contributed by atoms with van der Waals surface area (Å²) in [6, 6.07) is 7.01. The van der Waals surface area contributed by atoms with Gasteiger partial charge in [0.2, 0.25) is 0 Å². The highest BCUT2D eigenvalue weighted by Crippen LogP contribution is 2.32. The fourth-order valence-corrected chi connectivity index (χ4v) is 4.55. The summed E-state index contributed by atoms with van der Waals surface area (Å²) in [5, 5.41) is 2.85. The average Bonchev–Trinajstić information content (AvgIpc) is 3.37. The topological polar surface area (TPSA) is 67.6 Å². The number of nitrogens with one attached hydrogen (secondary N) is 1. The third kappa shape index (κ3) is 4.17. The van der Waals surface area contributed by atoms with Gasteiger partial charge >= 0.3 is 0 Å². The Morgan fingerprint density at radius 3 is 2.77 bits per heavy atom. The van der Waals surface area contributed by atoms with E-state index in [2.05, 4.69) is 19.2 Å². The number of nitrogens with zero attached hydrogens (tertiary/aromatic N) is 1. The first-order valence-electron chi connectivity index (χ1n) is 10.8. The quantitative estimate of drug-likeness (QED) is 0.744. The Bertz CT molecular complexity index is 1040. The fraction of sp³-hybridized carbons (Fsp3) is 0.400. The summed E-state index contributed by atoms with van der Waals surface area (Å²) in [7, 11) is 1.75. The molecule has 164 valence electrons. The van der Waals surface area contributed by atoms with Gasteiger partial charge in [-0.3, -0.25) is 4.79 Å². The van der Waals surface area contributed by atoms with E-state index in [4.69, 9.17) is 10.5 Å². The van der Waals surface area contributed by atoms with Gasteiger partial charge in [-0.15, -0.1) is 0 Å². The summed E-state index contributed by atoms with van der Waals surface area (Å²) in [6.07, 6.45) is 4.27. The zero-order chi connectivity index (χ0) is 22.1. The number of carbonyl (C=O) groups excluding carboxylic acids is 1. The molecule has 6 heteroatoms. The van der Waals surface area contributed by atoms with Gasteiger partial charge in [-0.05, 0) is 66.6 Å². The van der Waals surface area contributed by atoms with Crippen molar-refractivity contribution < 1.29 is 13.9 Å². The molecular formula is C25H30FN3O2. The largest absolute Gasteiger partial charge is 0.397 e. The van der Waals surface area contributed by atoms with Crippen LogP contribution in [0.5, 0.6) is 0 Å². The molecule has 2 heterocycles. The van der Waals surface area contributed by atoms with Crippen LogP contribution in [-0.2, 0) is 17.7 Å². The van der Waals surface area contributed by atoms with Crippen LogP contribution >= 0.6 is 0 Å². The molecule has 31 heavy (non-hydrogen) atoms. The van der Waals surface area contributed by atoms with Gasteiger partial charge in [0.15, 0.2) is 0 Å². The van der Waals surface area contributed by atoms with Gasteiger partial charge in [0.1, 0.15) is 5.82 Å². The maximum atomic E-state index is 14.8.